The maximum Gasteiger partial charge on any atom is 0.143 e. The highest BCUT2D eigenvalue weighted by Crippen LogP contribution is 2.36. The van der Waals surface area contributed by atoms with Crippen LogP contribution in [0.5, 0.6) is 5.75 Å². The summed E-state index contributed by atoms with van der Waals surface area (Å²) < 4.78 is 5.30. The second-order valence-electron chi connectivity index (χ2n) is 5.31. The summed E-state index contributed by atoms with van der Waals surface area (Å²) in [6, 6.07) is 12.2. The molecule has 1 heterocycles. The van der Waals surface area contributed by atoms with E-state index in [-0.39, 0.29) is 5.92 Å². The van der Waals surface area contributed by atoms with Gasteiger partial charge in [0.2, 0.25) is 0 Å². The van der Waals surface area contributed by atoms with Crippen molar-refractivity contribution in [3.8, 4) is 5.75 Å². The summed E-state index contributed by atoms with van der Waals surface area (Å²) in [7, 11) is 1.61. The summed E-state index contributed by atoms with van der Waals surface area (Å²) in [5.41, 5.74) is 3.40. The van der Waals surface area contributed by atoms with Crippen LogP contribution in [-0.4, -0.2) is 17.2 Å². The molecule has 20 heavy (non-hydrogen) atoms. The monoisotopic (exact) mass is 269 g/mol. The van der Waals surface area contributed by atoms with Crippen LogP contribution in [0, 0.1) is 5.92 Å². The Morgan fingerprint density at radius 3 is 2.80 bits per heavy atom. The molecule has 2 atom stereocenters. The van der Waals surface area contributed by atoms with Crippen molar-refractivity contribution in [2.75, 3.05) is 7.11 Å². The lowest BCUT2D eigenvalue weighted by molar-refractivity contribution is 0.0926. The molecular formula is C17H19NO2. The van der Waals surface area contributed by atoms with Gasteiger partial charge >= 0.3 is 0 Å². The molecule has 2 aromatic rings. The highest BCUT2D eigenvalue weighted by Gasteiger charge is 2.28. The van der Waals surface area contributed by atoms with Crippen LogP contribution in [0.3, 0.4) is 0 Å². The zero-order valence-corrected chi connectivity index (χ0v) is 11.6. The number of aliphatic hydroxyl groups is 1. The van der Waals surface area contributed by atoms with Crippen molar-refractivity contribution in [3.05, 3.63) is 59.4 Å². The molecule has 0 radical (unpaired) electrons. The fourth-order valence-electron chi connectivity index (χ4n) is 3.02. The second-order valence-corrected chi connectivity index (χ2v) is 5.31. The third-order valence-corrected chi connectivity index (χ3v) is 4.13. The summed E-state index contributed by atoms with van der Waals surface area (Å²) in [6.45, 7) is 0. The van der Waals surface area contributed by atoms with Crippen LogP contribution in [0.15, 0.2) is 42.6 Å². The average Bonchev–Trinajstić information content (AvgIpc) is 2.53. The molecule has 3 heteroatoms. The van der Waals surface area contributed by atoms with Gasteiger partial charge in [-0.2, -0.15) is 0 Å². The number of pyridine rings is 1. The Morgan fingerprint density at radius 2 is 2.00 bits per heavy atom. The lowest BCUT2D eigenvalue weighted by atomic mass is 9.80. The molecular weight excluding hydrogens is 250 g/mol. The number of hydrogen-bond donors (Lipinski definition) is 1. The number of aliphatic hydroxyl groups excluding tert-OH is 1. The van der Waals surface area contributed by atoms with Crippen molar-refractivity contribution < 1.29 is 9.84 Å². The van der Waals surface area contributed by atoms with Crippen LogP contribution < -0.4 is 4.74 Å². The molecule has 0 saturated heterocycles. The quantitative estimate of drug-likeness (QED) is 0.931. The first-order chi connectivity index (χ1) is 9.79. The maximum absolute atomic E-state index is 10.6. The number of benzene rings is 1. The van der Waals surface area contributed by atoms with Gasteiger partial charge in [0, 0.05) is 6.20 Å². The average molecular weight is 269 g/mol. The van der Waals surface area contributed by atoms with Gasteiger partial charge < -0.3 is 9.84 Å². The zero-order chi connectivity index (χ0) is 13.9. The van der Waals surface area contributed by atoms with Gasteiger partial charge in [-0.05, 0) is 48.4 Å². The predicted molar refractivity (Wildman–Crippen MR) is 77.7 cm³/mol. The number of fused-ring (bicyclic) bond motifs is 1. The van der Waals surface area contributed by atoms with Gasteiger partial charge in [-0.25, -0.2) is 0 Å². The molecule has 0 spiro atoms. The van der Waals surface area contributed by atoms with E-state index in [1.54, 1.807) is 13.3 Å². The van der Waals surface area contributed by atoms with E-state index in [0.717, 1.165) is 19.3 Å². The molecule has 0 bridgehead atoms. The Morgan fingerprint density at radius 1 is 1.20 bits per heavy atom. The van der Waals surface area contributed by atoms with E-state index in [4.69, 9.17) is 4.74 Å². The SMILES string of the molecule is COc1cccnc1C(O)C1CCc2ccccc2C1. The fraction of sp³-hybridized carbons (Fsp3) is 0.353. The summed E-state index contributed by atoms with van der Waals surface area (Å²) in [5, 5.41) is 10.6. The normalized spacial score (nSPS) is 19.2. The minimum atomic E-state index is -0.570. The number of ether oxygens (including phenoxy) is 1. The van der Waals surface area contributed by atoms with Gasteiger partial charge in [-0.15, -0.1) is 0 Å². The number of aromatic nitrogens is 1. The minimum absolute atomic E-state index is 0.202. The third-order valence-electron chi connectivity index (χ3n) is 4.13. The standard InChI is InChI=1S/C17H19NO2/c1-20-15-7-4-10-18-16(15)17(19)14-9-8-12-5-2-3-6-13(12)11-14/h2-7,10,14,17,19H,8-9,11H2,1H3. The van der Waals surface area contributed by atoms with Crippen LogP contribution in [-0.2, 0) is 12.8 Å². The molecule has 3 rings (SSSR count). The molecule has 1 aliphatic rings. The van der Waals surface area contributed by atoms with Gasteiger partial charge in [0.15, 0.2) is 0 Å². The molecule has 3 nitrogen and oxygen atoms in total. The van der Waals surface area contributed by atoms with Gasteiger partial charge in [0.25, 0.3) is 0 Å². The smallest absolute Gasteiger partial charge is 0.143 e. The molecule has 0 aliphatic heterocycles. The van der Waals surface area contributed by atoms with Crippen molar-refractivity contribution in [2.45, 2.75) is 25.4 Å². The largest absolute Gasteiger partial charge is 0.495 e. The van der Waals surface area contributed by atoms with Crippen LogP contribution in [0.25, 0.3) is 0 Å². The number of rotatable bonds is 3. The predicted octanol–water partition coefficient (Wildman–Crippen LogP) is 2.93. The first-order valence-electron chi connectivity index (χ1n) is 7.03. The molecule has 1 aromatic heterocycles. The van der Waals surface area contributed by atoms with E-state index in [9.17, 15) is 5.11 Å². The summed E-state index contributed by atoms with van der Waals surface area (Å²) in [6.07, 6.45) is 4.04. The van der Waals surface area contributed by atoms with Crippen molar-refractivity contribution in [3.63, 3.8) is 0 Å². The van der Waals surface area contributed by atoms with Crippen molar-refractivity contribution >= 4 is 0 Å². The van der Waals surface area contributed by atoms with E-state index in [1.165, 1.54) is 11.1 Å². The Labute approximate surface area is 119 Å². The lowest BCUT2D eigenvalue weighted by Gasteiger charge is -2.28. The third kappa shape index (κ3) is 2.41. The van der Waals surface area contributed by atoms with Gasteiger partial charge in [-0.1, -0.05) is 24.3 Å². The summed E-state index contributed by atoms with van der Waals surface area (Å²) in [5.74, 6) is 0.868. The zero-order valence-electron chi connectivity index (χ0n) is 11.6. The second kappa shape index (κ2) is 5.63. The molecule has 0 amide bonds. The van der Waals surface area contributed by atoms with Crippen LogP contribution >= 0.6 is 0 Å². The van der Waals surface area contributed by atoms with E-state index >= 15 is 0 Å². The van der Waals surface area contributed by atoms with Crippen LogP contribution in [0.4, 0.5) is 0 Å². The van der Waals surface area contributed by atoms with E-state index in [2.05, 4.69) is 29.2 Å². The Bertz CT molecular complexity index is 597. The molecule has 1 aliphatic carbocycles. The van der Waals surface area contributed by atoms with Crippen molar-refractivity contribution in [1.29, 1.82) is 0 Å². The molecule has 0 fully saturated rings. The van der Waals surface area contributed by atoms with Crippen LogP contribution in [0.1, 0.15) is 29.3 Å². The maximum atomic E-state index is 10.6. The molecule has 1 N–H and O–H groups in total. The Balaban J connectivity index is 1.84. The molecule has 1 aromatic carbocycles. The van der Waals surface area contributed by atoms with Gasteiger partial charge in [0.05, 0.1) is 7.11 Å². The van der Waals surface area contributed by atoms with Crippen LogP contribution in [0.2, 0.25) is 0 Å². The Kier molecular flexibility index (Phi) is 3.70. The highest BCUT2D eigenvalue weighted by atomic mass is 16.5. The first-order valence-corrected chi connectivity index (χ1v) is 7.03. The lowest BCUT2D eigenvalue weighted by Crippen LogP contribution is -2.22. The number of methoxy groups -OCH3 is 1. The first kappa shape index (κ1) is 13.1. The van der Waals surface area contributed by atoms with E-state index < -0.39 is 6.10 Å². The molecule has 104 valence electrons. The highest BCUT2D eigenvalue weighted by molar-refractivity contribution is 5.33. The summed E-state index contributed by atoms with van der Waals surface area (Å²) in [4.78, 5) is 4.31. The number of nitrogens with zero attached hydrogens (tertiary/aromatic N) is 1. The fourth-order valence-corrected chi connectivity index (χ4v) is 3.02. The number of hydrogen-bond acceptors (Lipinski definition) is 3. The Hall–Kier alpha value is -1.87. The van der Waals surface area contributed by atoms with Crippen molar-refractivity contribution in [2.24, 2.45) is 5.92 Å². The number of aryl methyl sites for hydroxylation is 1. The summed E-state index contributed by atoms with van der Waals surface area (Å²) >= 11 is 0. The molecule has 0 saturated carbocycles. The topological polar surface area (TPSA) is 42.4 Å². The van der Waals surface area contributed by atoms with Gasteiger partial charge in [-0.3, -0.25) is 4.98 Å². The molecule has 2 unspecified atom stereocenters. The van der Waals surface area contributed by atoms with E-state index in [0.29, 0.717) is 11.4 Å². The van der Waals surface area contributed by atoms with Gasteiger partial charge in [0.1, 0.15) is 17.5 Å². The van der Waals surface area contributed by atoms with E-state index in [1.807, 2.05) is 12.1 Å². The minimum Gasteiger partial charge on any atom is -0.495 e. The van der Waals surface area contributed by atoms with Crippen molar-refractivity contribution in [1.82, 2.24) is 4.98 Å².